The number of phenolic OH excluding ortho intramolecular Hbond substituents is 1. The molecule has 0 spiro atoms. The lowest BCUT2D eigenvalue weighted by atomic mass is 10.2. The summed E-state index contributed by atoms with van der Waals surface area (Å²) in [7, 11) is -2.58. The summed E-state index contributed by atoms with van der Waals surface area (Å²) in [6.07, 6.45) is 3.89. The van der Waals surface area contributed by atoms with Crippen LogP contribution in [-0.4, -0.2) is 36.7 Å². The zero-order valence-corrected chi connectivity index (χ0v) is 21.0. The largest absolute Gasteiger partial charge is 0.507 e. The number of rotatable bonds is 7. The van der Waals surface area contributed by atoms with E-state index in [1.54, 1.807) is 24.4 Å². The van der Waals surface area contributed by atoms with Crippen LogP contribution in [0.3, 0.4) is 0 Å². The van der Waals surface area contributed by atoms with Crippen molar-refractivity contribution in [1.29, 1.82) is 0 Å². The molecule has 0 bridgehead atoms. The van der Waals surface area contributed by atoms with Crippen LogP contribution in [0.4, 0.5) is 0 Å². The van der Waals surface area contributed by atoms with Crippen molar-refractivity contribution in [1.82, 2.24) is 4.98 Å². The second-order valence-corrected chi connectivity index (χ2v) is 15.8. The van der Waals surface area contributed by atoms with Gasteiger partial charge in [0.25, 0.3) is 5.91 Å². The van der Waals surface area contributed by atoms with Crippen molar-refractivity contribution in [2.45, 2.75) is 50.2 Å². The Kier molecular flexibility index (Phi) is 8.34. The maximum atomic E-state index is 12.7. The molecular weight excluding hydrogens is 468 g/mol. The summed E-state index contributed by atoms with van der Waals surface area (Å²) < 4.78 is 11.4. The van der Waals surface area contributed by atoms with Gasteiger partial charge >= 0.3 is 0 Å². The van der Waals surface area contributed by atoms with E-state index in [0.717, 1.165) is 10.9 Å². The van der Waals surface area contributed by atoms with E-state index in [9.17, 15) is 9.90 Å². The third-order valence-electron chi connectivity index (χ3n) is 5.02. The minimum Gasteiger partial charge on any atom is -0.507 e. The highest BCUT2D eigenvalue weighted by atomic mass is 79.9. The number of carbonyl (C=O) groups is 1. The van der Waals surface area contributed by atoms with Crippen molar-refractivity contribution in [2.75, 3.05) is 12.4 Å². The first-order chi connectivity index (χ1) is 13.5. The van der Waals surface area contributed by atoms with Crippen LogP contribution in [0, 0.1) is 0 Å². The molecule has 2 aromatic rings. The van der Waals surface area contributed by atoms with Crippen LogP contribution in [-0.2, 0) is 15.1 Å². The minimum absolute atomic E-state index is 0.153. The summed E-state index contributed by atoms with van der Waals surface area (Å²) in [6, 6.07) is 8.76. The molecule has 0 aliphatic rings. The number of carbonyl (C=O) groups excluding carboxylic acids is 1. The molecule has 158 valence electrons. The molecule has 8 heteroatoms. The van der Waals surface area contributed by atoms with Crippen molar-refractivity contribution in [3.05, 3.63) is 52.8 Å². The minimum atomic E-state index is -1.82. The SMILES string of the molecule is CC(C)(C)[Si](C)(C)OCCCS(=NC(=O)c1cncc(Br)c1)c1ccccc1O. The molecule has 0 radical (unpaired) electrons. The number of halogens is 1. The van der Waals surface area contributed by atoms with Crippen LogP contribution in [0.2, 0.25) is 18.1 Å². The van der Waals surface area contributed by atoms with Gasteiger partial charge in [0.05, 0.1) is 10.5 Å². The summed E-state index contributed by atoms with van der Waals surface area (Å²) in [5, 5.41) is 10.4. The van der Waals surface area contributed by atoms with Gasteiger partial charge < -0.3 is 9.53 Å². The van der Waals surface area contributed by atoms with Gasteiger partial charge in [0.15, 0.2) is 8.32 Å². The van der Waals surface area contributed by atoms with Crippen LogP contribution in [0.1, 0.15) is 37.6 Å². The number of hydrogen-bond donors (Lipinski definition) is 1. The highest BCUT2D eigenvalue weighted by Crippen LogP contribution is 2.36. The predicted molar refractivity (Wildman–Crippen MR) is 125 cm³/mol. The smallest absolute Gasteiger partial charge is 0.284 e. The molecule has 1 aromatic heterocycles. The highest BCUT2D eigenvalue weighted by Gasteiger charge is 2.36. The fraction of sp³-hybridized carbons (Fsp3) is 0.429. The Morgan fingerprint density at radius 3 is 2.59 bits per heavy atom. The van der Waals surface area contributed by atoms with Gasteiger partial charge in [-0.3, -0.25) is 9.78 Å². The lowest BCUT2D eigenvalue weighted by Gasteiger charge is -2.36. The first-order valence-electron chi connectivity index (χ1n) is 9.51. The Labute approximate surface area is 185 Å². The molecule has 1 atom stereocenters. The quantitative estimate of drug-likeness (QED) is 0.378. The lowest BCUT2D eigenvalue weighted by molar-refractivity contribution is 0.100. The summed E-state index contributed by atoms with van der Waals surface area (Å²) in [4.78, 5) is 17.4. The van der Waals surface area contributed by atoms with E-state index in [-0.39, 0.29) is 16.7 Å². The second kappa shape index (κ2) is 10.1. The van der Waals surface area contributed by atoms with E-state index in [2.05, 4.69) is 59.1 Å². The van der Waals surface area contributed by atoms with Crippen molar-refractivity contribution in [3.63, 3.8) is 0 Å². The van der Waals surface area contributed by atoms with Gasteiger partial charge in [0.1, 0.15) is 5.75 Å². The molecule has 1 N–H and O–H groups in total. The Balaban J connectivity index is 2.19. The standard InChI is InChI=1S/C21H29BrN2O3SSi/c1-21(2,3)29(4,5)27-11-8-12-28(19-10-7-6-9-18(19)25)24-20(26)16-13-17(22)15-23-14-16/h6-7,9-10,13-15,25H,8,11-12H2,1-5H3. The van der Waals surface area contributed by atoms with Gasteiger partial charge in [-0.05, 0) is 58.7 Å². The molecular formula is C21H29BrN2O3SSi. The summed E-state index contributed by atoms with van der Waals surface area (Å²) in [5.74, 6) is 0.458. The molecule has 2 rings (SSSR count). The van der Waals surface area contributed by atoms with E-state index in [1.807, 2.05) is 12.1 Å². The van der Waals surface area contributed by atoms with Crippen LogP contribution in [0.5, 0.6) is 5.75 Å². The fourth-order valence-corrected chi connectivity index (χ4v) is 5.39. The molecule has 1 aromatic carbocycles. The number of amides is 1. The molecule has 1 unspecified atom stereocenters. The molecule has 29 heavy (non-hydrogen) atoms. The summed E-state index contributed by atoms with van der Waals surface area (Å²) in [6.45, 7) is 11.7. The zero-order chi connectivity index (χ0) is 21.7. The lowest BCUT2D eigenvalue weighted by Crippen LogP contribution is -2.41. The summed E-state index contributed by atoms with van der Waals surface area (Å²) in [5.41, 5.74) is 0.421. The van der Waals surface area contributed by atoms with E-state index in [4.69, 9.17) is 4.43 Å². The van der Waals surface area contributed by atoms with Gasteiger partial charge in [0.2, 0.25) is 0 Å². The Morgan fingerprint density at radius 1 is 1.28 bits per heavy atom. The van der Waals surface area contributed by atoms with Gasteiger partial charge in [-0.25, -0.2) is 0 Å². The Hall–Kier alpha value is -1.35. The molecule has 0 aliphatic carbocycles. The first-order valence-corrected chi connectivity index (χ1v) is 14.6. The van der Waals surface area contributed by atoms with Crippen LogP contribution < -0.4 is 0 Å². The number of nitrogens with zero attached hydrogens (tertiary/aromatic N) is 2. The maximum absolute atomic E-state index is 12.7. The number of benzene rings is 1. The molecule has 1 heterocycles. The first kappa shape index (κ1) is 23.9. The molecule has 0 fully saturated rings. The monoisotopic (exact) mass is 496 g/mol. The number of pyridine rings is 1. The summed E-state index contributed by atoms with van der Waals surface area (Å²) >= 11 is 3.33. The third-order valence-corrected chi connectivity index (χ3v) is 11.9. The van der Waals surface area contributed by atoms with E-state index >= 15 is 0 Å². The number of para-hydroxylation sites is 1. The van der Waals surface area contributed by atoms with Crippen molar-refractivity contribution >= 4 is 40.8 Å². The number of aromatic hydroxyl groups is 1. The average molecular weight is 498 g/mol. The predicted octanol–water partition coefficient (Wildman–Crippen LogP) is 5.96. The van der Waals surface area contributed by atoms with E-state index in [1.165, 1.54) is 6.20 Å². The van der Waals surface area contributed by atoms with Crippen LogP contribution >= 0.6 is 15.9 Å². The molecule has 0 saturated carbocycles. The zero-order valence-electron chi connectivity index (χ0n) is 17.6. The normalized spacial score (nSPS) is 13.4. The van der Waals surface area contributed by atoms with Crippen LogP contribution in [0.15, 0.2) is 56.5 Å². The van der Waals surface area contributed by atoms with E-state index in [0.29, 0.717) is 22.8 Å². The fourth-order valence-electron chi connectivity index (χ4n) is 2.28. The molecule has 5 nitrogen and oxygen atoms in total. The number of aromatic nitrogens is 1. The van der Waals surface area contributed by atoms with Crippen LogP contribution in [0.25, 0.3) is 0 Å². The van der Waals surface area contributed by atoms with Gasteiger partial charge in [-0.1, -0.05) is 43.6 Å². The van der Waals surface area contributed by atoms with Crippen molar-refractivity contribution < 1.29 is 14.3 Å². The molecule has 0 aliphatic heterocycles. The average Bonchev–Trinajstić information content (AvgIpc) is 2.63. The molecule has 1 amide bonds. The Morgan fingerprint density at radius 2 is 1.97 bits per heavy atom. The number of phenols is 1. The Bertz CT molecular complexity index is 897. The van der Waals surface area contributed by atoms with Gasteiger partial charge in [-0.15, -0.1) is 0 Å². The van der Waals surface area contributed by atoms with Gasteiger partial charge in [-0.2, -0.15) is 4.36 Å². The number of hydrogen-bond acceptors (Lipinski definition) is 4. The van der Waals surface area contributed by atoms with E-state index < -0.39 is 19.0 Å². The van der Waals surface area contributed by atoms with Crippen molar-refractivity contribution in [3.8, 4) is 5.75 Å². The third kappa shape index (κ3) is 6.84. The molecule has 0 saturated heterocycles. The topological polar surface area (TPSA) is 71.8 Å². The second-order valence-electron chi connectivity index (χ2n) is 8.29. The van der Waals surface area contributed by atoms with Gasteiger partial charge in [0, 0.05) is 29.2 Å². The maximum Gasteiger partial charge on any atom is 0.284 e. The highest BCUT2D eigenvalue weighted by molar-refractivity contribution is 9.10. The van der Waals surface area contributed by atoms with Crippen molar-refractivity contribution in [2.24, 2.45) is 4.36 Å².